The minimum atomic E-state index is -0.0565. The SMILES string of the molecule is CNC(=O)c1cccc(NC2CCOC(C)C2)c1. The summed E-state index contributed by atoms with van der Waals surface area (Å²) < 4.78 is 5.52. The summed E-state index contributed by atoms with van der Waals surface area (Å²) in [7, 11) is 1.64. The molecule has 98 valence electrons. The molecule has 1 aromatic rings. The van der Waals surface area contributed by atoms with Crippen LogP contribution in [0.2, 0.25) is 0 Å². The van der Waals surface area contributed by atoms with Gasteiger partial charge in [-0.2, -0.15) is 0 Å². The molecule has 2 unspecified atom stereocenters. The third-order valence-electron chi connectivity index (χ3n) is 3.21. The van der Waals surface area contributed by atoms with E-state index in [0.29, 0.717) is 17.7 Å². The molecule has 1 aliphatic heterocycles. The molecule has 1 aliphatic rings. The van der Waals surface area contributed by atoms with Crippen LogP contribution < -0.4 is 10.6 Å². The average Bonchev–Trinajstić information content (AvgIpc) is 2.38. The lowest BCUT2D eigenvalue weighted by molar-refractivity contribution is 0.0232. The van der Waals surface area contributed by atoms with Gasteiger partial charge < -0.3 is 15.4 Å². The number of anilines is 1. The number of ether oxygens (including phenoxy) is 1. The molecule has 18 heavy (non-hydrogen) atoms. The smallest absolute Gasteiger partial charge is 0.251 e. The van der Waals surface area contributed by atoms with Crippen LogP contribution in [-0.4, -0.2) is 31.7 Å². The average molecular weight is 248 g/mol. The number of carbonyl (C=O) groups is 1. The fourth-order valence-corrected chi connectivity index (χ4v) is 2.26. The maximum Gasteiger partial charge on any atom is 0.251 e. The molecule has 0 bridgehead atoms. The summed E-state index contributed by atoms with van der Waals surface area (Å²) in [6.45, 7) is 2.89. The number of hydrogen-bond donors (Lipinski definition) is 2. The highest BCUT2D eigenvalue weighted by Gasteiger charge is 2.19. The van der Waals surface area contributed by atoms with E-state index in [4.69, 9.17) is 4.74 Å². The Balaban J connectivity index is 2.02. The number of benzene rings is 1. The van der Waals surface area contributed by atoms with Crippen molar-refractivity contribution < 1.29 is 9.53 Å². The van der Waals surface area contributed by atoms with E-state index in [-0.39, 0.29) is 5.91 Å². The third-order valence-corrected chi connectivity index (χ3v) is 3.21. The van der Waals surface area contributed by atoms with Gasteiger partial charge in [-0.3, -0.25) is 4.79 Å². The van der Waals surface area contributed by atoms with Crippen molar-refractivity contribution in [3.05, 3.63) is 29.8 Å². The Bertz CT molecular complexity index is 420. The van der Waals surface area contributed by atoms with E-state index in [1.807, 2.05) is 24.3 Å². The van der Waals surface area contributed by atoms with Gasteiger partial charge in [0.1, 0.15) is 0 Å². The zero-order chi connectivity index (χ0) is 13.0. The Hall–Kier alpha value is -1.55. The van der Waals surface area contributed by atoms with Gasteiger partial charge in [-0.15, -0.1) is 0 Å². The maximum absolute atomic E-state index is 11.6. The van der Waals surface area contributed by atoms with Crippen molar-refractivity contribution in [3.8, 4) is 0 Å². The van der Waals surface area contributed by atoms with Gasteiger partial charge in [0.05, 0.1) is 6.10 Å². The first-order valence-corrected chi connectivity index (χ1v) is 6.39. The highest BCUT2D eigenvalue weighted by molar-refractivity contribution is 5.94. The van der Waals surface area contributed by atoms with Gasteiger partial charge in [0.15, 0.2) is 0 Å². The summed E-state index contributed by atoms with van der Waals surface area (Å²) in [5.74, 6) is -0.0565. The first kappa shape index (κ1) is 12.9. The summed E-state index contributed by atoms with van der Waals surface area (Å²) in [6, 6.07) is 8.02. The molecule has 4 nitrogen and oxygen atoms in total. The molecule has 1 aromatic carbocycles. The lowest BCUT2D eigenvalue weighted by Crippen LogP contribution is -2.32. The first-order valence-electron chi connectivity index (χ1n) is 6.39. The topological polar surface area (TPSA) is 50.4 Å². The summed E-state index contributed by atoms with van der Waals surface area (Å²) in [5.41, 5.74) is 1.68. The molecule has 0 spiro atoms. The van der Waals surface area contributed by atoms with Crippen LogP contribution in [0.25, 0.3) is 0 Å². The van der Waals surface area contributed by atoms with Crippen molar-refractivity contribution in [1.82, 2.24) is 5.32 Å². The second-order valence-electron chi connectivity index (χ2n) is 4.71. The maximum atomic E-state index is 11.6. The van der Waals surface area contributed by atoms with Gasteiger partial charge >= 0.3 is 0 Å². The normalized spacial score (nSPS) is 23.4. The summed E-state index contributed by atoms with van der Waals surface area (Å²) in [6.07, 6.45) is 2.32. The van der Waals surface area contributed by atoms with Crippen LogP contribution in [0.15, 0.2) is 24.3 Å². The van der Waals surface area contributed by atoms with Gasteiger partial charge in [-0.1, -0.05) is 6.07 Å². The fourth-order valence-electron chi connectivity index (χ4n) is 2.26. The summed E-state index contributed by atoms with van der Waals surface area (Å²) in [5, 5.41) is 6.10. The Morgan fingerprint density at radius 1 is 1.44 bits per heavy atom. The number of amides is 1. The van der Waals surface area contributed by atoms with E-state index >= 15 is 0 Å². The Labute approximate surface area is 108 Å². The van der Waals surface area contributed by atoms with Crippen molar-refractivity contribution in [2.45, 2.75) is 31.9 Å². The van der Waals surface area contributed by atoms with Crippen LogP contribution in [0.5, 0.6) is 0 Å². The molecule has 2 rings (SSSR count). The molecule has 2 N–H and O–H groups in total. The molecule has 1 heterocycles. The number of nitrogens with one attached hydrogen (secondary N) is 2. The second-order valence-corrected chi connectivity index (χ2v) is 4.71. The van der Waals surface area contributed by atoms with E-state index in [1.54, 1.807) is 7.05 Å². The predicted molar refractivity (Wildman–Crippen MR) is 71.9 cm³/mol. The largest absolute Gasteiger partial charge is 0.382 e. The molecular formula is C14H20N2O2. The third kappa shape index (κ3) is 3.23. The van der Waals surface area contributed by atoms with Crippen LogP contribution in [0.4, 0.5) is 5.69 Å². The van der Waals surface area contributed by atoms with E-state index < -0.39 is 0 Å². The zero-order valence-electron chi connectivity index (χ0n) is 10.9. The number of carbonyl (C=O) groups excluding carboxylic acids is 1. The zero-order valence-corrected chi connectivity index (χ0v) is 10.9. The van der Waals surface area contributed by atoms with Crippen molar-refractivity contribution in [3.63, 3.8) is 0 Å². The lowest BCUT2D eigenvalue weighted by Gasteiger charge is -2.28. The molecule has 2 atom stereocenters. The van der Waals surface area contributed by atoms with Gasteiger partial charge in [0.2, 0.25) is 0 Å². The van der Waals surface area contributed by atoms with E-state index in [1.165, 1.54) is 0 Å². The fraction of sp³-hybridized carbons (Fsp3) is 0.500. The minimum Gasteiger partial charge on any atom is -0.382 e. The van der Waals surface area contributed by atoms with Gasteiger partial charge in [0, 0.05) is 30.9 Å². The van der Waals surface area contributed by atoms with Crippen LogP contribution in [0.3, 0.4) is 0 Å². The predicted octanol–water partition coefficient (Wildman–Crippen LogP) is 2.03. The van der Waals surface area contributed by atoms with E-state index in [0.717, 1.165) is 25.1 Å². The molecule has 1 fully saturated rings. The van der Waals surface area contributed by atoms with Crippen LogP contribution in [-0.2, 0) is 4.74 Å². The van der Waals surface area contributed by atoms with E-state index in [9.17, 15) is 4.79 Å². The summed E-state index contributed by atoms with van der Waals surface area (Å²) in [4.78, 5) is 11.6. The standard InChI is InChI=1S/C14H20N2O2/c1-10-8-13(6-7-18-10)16-12-5-3-4-11(9-12)14(17)15-2/h3-5,9-10,13,16H,6-8H2,1-2H3,(H,15,17). The first-order chi connectivity index (χ1) is 8.69. The van der Waals surface area contributed by atoms with Gasteiger partial charge in [-0.25, -0.2) is 0 Å². The van der Waals surface area contributed by atoms with Gasteiger partial charge in [-0.05, 0) is 38.0 Å². The monoisotopic (exact) mass is 248 g/mol. The highest BCUT2D eigenvalue weighted by atomic mass is 16.5. The van der Waals surface area contributed by atoms with Crippen molar-refractivity contribution in [2.24, 2.45) is 0 Å². The Morgan fingerprint density at radius 2 is 2.28 bits per heavy atom. The molecule has 0 aliphatic carbocycles. The van der Waals surface area contributed by atoms with E-state index in [2.05, 4.69) is 17.6 Å². The van der Waals surface area contributed by atoms with Crippen molar-refractivity contribution in [2.75, 3.05) is 19.0 Å². The molecule has 0 radical (unpaired) electrons. The van der Waals surface area contributed by atoms with Crippen LogP contribution >= 0.6 is 0 Å². The van der Waals surface area contributed by atoms with Crippen molar-refractivity contribution in [1.29, 1.82) is 0 Å². The Morgan fingerprint density at radius 3 is 3.00 bits per heavy atom. The van der Waals surface area contributed by atoms with Crippen LogP contribution in [0, 0.1) is 0 Å². The van der Waals surface area contributed by atoms with Crippen LogP contribution in [0.1, 0.15) is 30.1 Å². The van der Waals surface area contributed by atoms with Crippen molar-refractivity contribution >= 4 is 11.6 Å². The lowest BCUT2D eigenvalue weighted by atomic mass is 10.0. The molecule has 4 heteroatoms. The Kier molecular flexibility index (Phi) is 4.20. The minimum absolute atomic E-state index is 0.0565. The molecule has 0 saturated carbocycles. The number of hydrogen-bond acceptors (Lipinski definition) is 3. The molecular weight excluding hydrogens is 228 g/mol. The molecule has 1 saturated heterocycles. The molecule has 0 aromatic heterocycles. The highest BCUT2D eigenvalue weighted by Crippen LogP contribution is 2.19. The molecule has 1 amide bonds. The second kappa shape index (κ2) is 5.87. The summed E-state index contributed by atoms with van der Waals surface area (Å²) >= 11 is 0. The quantitative estimate of drug-likeness (QED) is 0.860. The number of rotatable bonds is 3. The van der Waals surface area contributed by atoms with Gasteiger partial charge in [0.25, 0.3) is 5.91 Å².